The second-order valence-electron chi connectivity index (χ2n) is 22.8. The molecule has 0 saturated heterocycles. The molecule has 5 N–H and O–H groups in total. The van der Waals surface area contributed by atoms with E-state index in [0.29, 0.717) is 50.8 Å². The second-order valence-corrected chi connectivity index (χ2v) is 22.8. The molecule has 12 aromatic heterocycles. The lowest BCUT2D eigenvalue weighted by molar-refractivity contribution is 0.0913. The van der Waals surface area contributed by atoms with Gasteiger partial charge >= 0.3 is 0 Å². The van der Waals surface area contributed by atoms with Gasteiger partial charge in [0, 0.05) is 97.9 Å². The molecule has 27 heteroatoms. The number of methoxy groups -OCH3 is 2. The highest BCUT2D eigenvalue weighted by Gasteiger charge is 2.21. The highest BCUT2D eigenvalue weighted by molar-refractivity contribution is 5.80. The second kappa shape index (κ2) is 30.1. The van der Waals surface area contributed by atoms with Crippen molar-refractivity contribution >= 4 is 16.6 Å². The third kappa shape index (κ3) is 14.7. The molecule has 0 aliphatic heterocycles. The van der Waals surface area contributed by atoms with Crippen LogP contribution in [0.5, 0.6) is 0 Å². The third-order valence-corrected chi connectivity index (χ3v) is 16.8. The molecule has 0 aliphatic rings. The Kier molecular flexibility index (Phi) is 21.5. The van der Waals surface area contributed by atoms with Crippen molar-refractivity contribution in [2.24, 2.45) is 11.5 Å². The molecule has 0 fully saturated rings. The van der Waals surface area contributed by atoms with Crippen LogP contribution in [0.2, 0.25) is 0 Å². The fraction of sp³-hybridized carbons (Fsp3) is 0.438. The Morgan fingerprint density at radius 3 is 1.00 bits per heavy atom. The Morgan fingerprint density at radius 1 is 0.418 bits per heavy atom. The minimum absolute atomic E-state index is 0.000724. The quantitative estimate of drug-likeness (QED) is 0.0436. The van der Waals surface area contributed by atoms with Gasteiger partial charge in [-0.3, -0.25) is 28.1 Å². The molecule has 0 bridgehead atoms. The van der Waals surface area contributed by atoms with Crippen molar-refractivity contribution in [1.29, 1.82) is 0 Å². The van der Waals surface area contributed by atoms with Crippen LogP contribution in [0.15, 0.2) is 130 Å². The standard InChI is InChI=1S/C22H30N8O.2C21H28N8O/c1-5-18(6-2)29-12-17(10-25-29)22-21-7-8-23-30(21)14-20(26-22)16-9-24-28(11-16)13-19(15-31)27(3)4;2*1-4-17(5-2)28-12-16(10-25-28)21-20-6-7-23-29(20)14-19(26-21)15-9-24-27(11-15)13-18(8-22)30-3/h7-12,14,18-19,31H,5-6,13,15H2,1-4H3;2*6-7,9-12,14,17-18H,4-5,8,13,22H2,1-3H3/t19-;2*18-/m110/s1. The Morgan fingerprint density at radius 2 is 0.725 bits per heavy atom. The number of hydrogen-bond donors (Lipinski definition) is 3. The highest BCUT2D eigenvalue weighted by Crippen LogP contribution is 2.32. The maximum absolute atomic E-state index is 9.60. The maximum atomic E-state index is 9.60. The van der Waals surface area contributed by atoms with E-state index in [1.807, 2.05) is 135 Å². The largest absolute Gasteiger partial charge is 0.395 e. The molecular formula is C64H86N24O3. The first kappa shape index (κ1) is 64.9. The first-order chi connectivity index (χ1) is 44.4. The van der Waals surface area contributed by atoms with E-state index >= 15 is 0 Å². The van der Waals surface area contributed by atoms with Crippen molar-refractivity contribution in [2.45, 2.75) is 136 Å². The zero-order valence-electron chi connectivity index (χ0n) is 53.8. The Bertz CT molecular complexity index is 4010. The number of aliphatic hydroxyl groups excluding tert-OH is 1. The first-order valence-corrected chi connectivity index (χ1v) is 31.3. The van der Waals surface area contributed by atoms with Gasteiger partial charge in [0.1, 0.15) is 0 Å². The molecule has 0 radical (unpaired) electrons. The molecule has 0 spiro atoms. The zero-order chi connectivity index (χ0) is 64.1. The lowest BCUT2D eigenvalue weighted by atomic mass is 10.1. The molecule has 0 aliphatic carbocycles. The van der Waals surface area contributed by atoms with Gasteiger partial charge in [0.2, 0.25) is 0 Å². The van der Waals surface area contributed by atoms with Gasteiger partial charge in [-0.15, -0.1) is 0 Å². The van der Waals surface area contributed by atoms with Crippen LogP contribution in [-0.4, -0.2) is 179 Å². The number of aliphatic hydroxyl groups is 1. The predicted octanol–water partition coefficient (Wildman–Crippen LogP) is 8.32. The Hall–Kier alpha value is -9.12. The van der Waals surface area contributed by atoms with Gasteiger partial charge < -0.3 is 30.9 Å². The van der Waals surface area contributed by atoms with Crippen LogP contribution in [0, 0.1) is 0 Å². The van der Waals surface area contributed by atoms with Gasteiger partial charge in [0.25, 0.3) is 0 Å². The van der Waals surface area contributed by atoms with Crippen molar-refractivity contribution in [2.75, 3.05) is 48.0 Å². The minimum atomic E-state index is -0.0780. The molecule has 91 heavy (non-hydrogen) atoms. The van der Waals surface area contributed by atoms with E-state index < -0.39 is 0 Å². The Balaban J connectivity index is 0.000000150. The van der Waals surface area contributed by atoms with E-state index in [0.717, 1.165) is 123 Å². The molecule has 0 unspecified atom stereocenters. The van der Waals surface area contributed by atoms with Crippen molar-refractivity contribution in [3.8, 4) is 67.5 Å². The summed E-state index contributed by atoms with van der Waals surface area (Å²) in [5, 5.41) is 50.0. The zero-order valence-corrected chi connectivity index (χ0v) is 53.8. The number of aromatic nitrogens is 21. The van der Waals surface area contributed by atoms with Gasteiger partial charge in [-0.2, -0.15) is 45.9 Å². The molecule has 12 rings (SSSR count). The number of ether oxygens (including phenoxy) is 2. The third-order valence-electron chi connectivity index (χ3n) is 16.8. The molecule has 0 saturated carbocycles. The van der Waals surface area contributed by atoms with E-state index in [2.05, 4.69) is 106 Å². The van der Waals surface area contributed by atoms with E-state index in [1.54, 1.807) is 51.4 Å². The number of likely N-dealkylation sites (N-methyl/N-ethyl adjacent to an activating group) is 1. The van der Waals surface area contributed by atoms with Gasteiger partial charge in [-0.05, 0) is 70.8 Å². The average molecular weight is 1240 g/mol. The average Bonchev–Trinajstić information content (AvgIpc) is 1.96. The molecule has 0 amide bonds. The summed E-state index contributed by atoms with van der Waals surface area (Å²) in [7, 11) is 7.21. The monoisotopic (exact) mass is 1240 g/mol. The molecule has 12 aromatic rings. The summed E-state index contributed by atoms with van der Waals surface area (Å²) < 4.78 is 27.9. The highest BCUT2D eigenvalue weighted by atomic mass is 16.5. The number of fused-ring (bicyclic) bond motifs is 3. The first-order valence-electron chi connectivity index (χ1n) is 31.3. The fourth-order valence-electron chi connectivity index (χ4n) is 11.1. The molecule has 3 atom stereocenters. The fourth-order valence-corrected chi connectivity index (χ4v) is 11.1. The summed E-state index contributed by atoms with van der Waals surface area (Å²) in [6.07, 6.45) is 40.3. The van der Waals surface area contributed by atoms with Crippen LogP contribution in [0.1, 0.15) is 98.2 Å². The Labute approximate surface area is 529 Å². The SMILES string of the molecule is CCC(CC)n1cc(-c2nc(-c3cnn(C[C@@H](CN)OC)c3)cn3nccc23)cn1.CCC(CC)n1cc(-c2nc(-c3cnn(C[C@H](CN)OC)c3)cn3nccc23)cn1.CCC(CC)n1cc(-c2nc(-c3cnn(C[C@H](CO)N(C)C)c3)cn3nccc23)cn1. The van der Waals surface area contributed by atoms with Crippen molar-refractivity contribution in [1.82, 2.24) is 107 Å². The van der Waals surface area contributed by atoms with Crippen molar-refractivity contribution in [3.63, 3.8) is 0 Å². The lowest BCUT2D eigenvalue weighted by Gasteiger charge is -2.21. The van der Waals surface area contributed by atoms with E-state index in [-0.39, 0.29) is 24.9 Å². The van der Waals surface area contributed by atoms with E-state index in [1.165, 1.54) is 0 Å². The normalized spacial score (nSPS) is 12.9. The summed E-state index contributed by atoms with van der Waals surface area (Å²) in [6.45, 7) is 15.8. The van der Waals surface area contributed by atoms with Crippen LogP contribution in [-0.2, 0) is 29.1 Å². The molecule has 0 aromatic carbocycles. The van der Waals surface area contributed by atoms with Gasteiger partial charge in [0.15, 0.2) is 0 Å². The summed E-state index contributed by atoms with van der Waals surface area (Å²) in [4.78, 5) is 16.8. The van der Waals surface area contributed by atoms with Crippen LogP contribution >= 0.6 is 0 Å². The minimum Gasteiger partial charge on any atom is -0.395 e. The predicted molar refractivity (Wildman–Crippen MR) is 349 cm³/mol. The van der Waals surface area contributed by atoms with Crippen molar-refractivity contribution < 1.29 is 14.6 Å². The van der Waals surface area contributed by atoms with Crippen molar-refractivity contribution in [3.05, 3.63) is 130 Å². The molecular weight excluding hydrogens is 1150 g/mol. The smallest absolute Gasteiger partial charge is 0.0999 e. The summed E-state index contributed by atoms with van der Waals surface area (Å²) in [5.41, 5.74) is 24.9. The molecule has 480 valence electrons. The van der Waals surface area contributed by atoms with Crippen LogP contribution in [0.25, 0.3) is 84.1 Å². The number of rotatable bonds is 27. The number of hydrogen-bond acceptors (Lipinski definition) is 18. The molecule has 27 nitrogen and oxygen atoms in total. The molecule has 12 heterocycles. The van der Waals surface area contributed by atoms with Gasteiger partial charge in [0.05, 0.1) is 188 Å². The van der Waals surface area contributed by atoms with Gasteiger partial charge in [-0.1, -0.05) is 41.5 Å². The van der Waals surface area contributed by atoms with Crippen LogP contribution in [0.4, 0.5) is 0 Å². The summed E-state index contributed by atoms with van der Waals surface area (Å²) >= 11 is 0. The summed E-state index contributed by atoms with van der Waals surface area (Å²) in [5.74, 6) is 0. The maximum Gasteiger partial charge on any atom is 0.0999 e. The van der Waals surface area contributed by atoms with E-state index in [4.69, 9.17) is 35.9 Å². The number of nitrogens with zero attached hydrogens (tertiary/aromatic N) is 22. The van der Waals surface area contributed by atoms with Gasteiger partial charge in [-0.25, -0.2) is 28.5 Å². The lowest BCUT2D eigenvalue weighted by Crippen LogP contribution is -2.35. The van der Waals surface area contributed by atoms with Crippen LogP contribution < -0.4 is 11.5 Å². The summed E-state index contributed by atoms with van der Waals surface area (Å²) in [6, 6.07) is 7.05. The van der Waals surface area contributed by atoms with Crippen LogP contribution in [0.3, 0.4) is 0 Å². The number of nitrogens with two attached hydrogens (primary N) is 2. The topological polar surface area (TPSA) is 291 Å². The van der Waals surface area contributed by atoms with E-state index in [9.17, 15) is 5.11 Å².